The summed E-state index contributed by atoms with van der Waals surface area (Å²) in [5.74, 6) is -0.0799. The summed E-state index contributed by atoms with van der Waals surface area (Å²) in [7, 11) is 1.70. The third-order valence-corrected chi connectivity index (χ3v) is 11.3. The largest absolute Gasteiger partial charge is 0.497 e. The molecule has 4 heterocycles. The summed E-state index contributed by atoms with van der Waals surface area (Å²) in [6.07, 6.45) is 6.15. The molecule has 0 radical (unpaired) electrons. The Hall–Kier alpha value is -4.77. The van der Waals surface area contributed by atoms with Crippen molar-refractivity contribution in [3.63, 3.8) is 0 Å². The highest BCUT2D eigenvalue weighted by Gasteiger charge is 2.39. The number of ether oxygens (including phenoxy) is 1. The molecule has 2 aromatic carbocycles. The molecular formula is C39H45N5O5S. The van der Waals surface area contributed by atoms with E-state index in [9.17, 15) is 19.5 Å². The lowest BCUT2D eigenvalue weighted by molar-refractivity contribution is -0.153. The Balaban J connectivity index is 1.09. The Morgan fingerprint density at radius 1 is 1.00 bits per heavy atom. The average molecular weight is 696 g/mol. The molecule has 1 atom stereocenters. The topological polar surface area (TPSA) is 125 Å². The number of amides is 2. The number of benzene rings is 2. The van der Waals surface area contributed by atoms with Crippen LogP contribution in [0.4, 0.5) is 5.69 Å². The van der Waals surface area contributed by atoms with E-state index in [0.717, 1.165) is 53.4 Å². The number of piperidine rings is 1. The molecule has 0 bridgehead atoms. The highest BCUT2D eigenvalue weighted by molar-refractivity contribution is 7.14. The van der Waals surface area contributed by atoms with Crippen LogP contribution >= 0.6 is 11.3 Å². The summed E-state index contributed by atoms with van der Waals surface area (Å²) in [5.41, 5.74) is 5.28. The van der Waals surface area contributed by atoms with Gasteiger partial charge in [-0.15, -0.1) is 11.3 Å². The van der Waals surface area contributed by atoms with Crippen molar-refractivity contribution < 1.29 is 24.2 Å². The van der Waals surface area contributed by atoms with Gasteiger partial charge in [0.1, 0.15) is 11.8 Å². The van der Waals surface area contributed by atoms with Crippen molar-refractivity contribution in [2.75, 3.05) is 38.2 Å². The van der Waals surface area contributed by atoms with Gasteiger partial charge in [0.15, 0.2) is 5.82 Å². The summed E-state index contributed by atoms with van der Waals surface area (Å²) in [4.78, 5) is 53.0. The van der Waals surface area contributed by atoms with Crippen LogP contribution in [0.2, 0.25) is 0 Å². The van der Waals surface area contributed by atoms with E-state index in [-0.39, 0.29) is 36.7 Å². The van der Waals surface area contributed by atoms with Gasteiger partial charge in [0, 0.05) is 43.0 Å². The number of carbonyl (C=O) groups excluding carboxylic acids is 2. The van der Waals surface area contributed by atoms with Gasteiger partial charge < -0.3 is 25.0 Å². The molecular weight excluding hydrogens is 651 g/mol. The van der Waals surface area contributed by atoms with Crippen LogP contribution < -0.4 is 15.0 Å². The first-order valence-electron chi connectivity index (χ1n) is 17.1. The van der Waals surface area contributed by atoms with Crippen LogP contribution in [-0.4, -0.2) is 77.1 Å². The molecule has 50 heavy (non-hydrogen) atoms. The summed E-state index contributed by atoms with van der Waals surface area (Å²) in [5, 5.41) is 12.3. The van der Waals surface area contributed by atoms with Crippen molar-refractivity contribution in [2.45, 2.75) is 64.3 Å². The Kier molecular flexibility index (Phi) is 10.2. The van der Waals surface area contributed by atoms with E-state index in [0.29, 0.717) is 16.6 Å². The van der Waals surface area contributed by atoms with Crippen LogP contribution in [0.15, 0.2) is 67.0 Å². The average Bonchev–Trinajstić information content (AvgIpc) is 3.60. The fourth-order valence-electron chi connectivity index (χ4n) is 6.67. The maximum absolute atomic E-state index is 13.5. The van der Waals surface area contributed by atoms with Crippen molar-refractivity contribution in [3.05, 3.63) is 93.4 Å². The molecule has 0 spiro atoms. The third-order valence-electron chi connectivity index (χ3n) is 9.78. The fraction of sp³-hybridized carbons (Fsp3) is 0.410. The number of rotatable bonds is 10. The van der Waals surface area contributed by atoms with Gasteiger partial charge in [-0.1, -0.05) is 51.1 Å². The minimum atomic E-state index is -0.918. The molecule has 2 aliphatic heterocycles. The minimum Gasteiger partial charge on any atom is -0.497 e. The van der Waals surface area contributed by atoms with E-state index in [4.69, 9.17) is 4.74 Å². The number of aromatic nitrogens is 2. The SMILES string of the molecule is COc1ccc(C2CCN(c3cnc(-c4ccc(CC(NC(=O)c5ccc(C(C)(C)C)s5)C(=O)N5CC(C(=O)O)C5)cc4)nc3)CC2)c(C)c1. The zero-order valence-electron chi connectivity index (χ0n) is 29.3. The van der Waals surface area contributed by atoms with Crippen LogP contribution in [-0.2, 0) is 21.4 Å². The molecule has 2 saturated heterocycles. The normalized spacial score (nSPS) is 16.1. The van der Waals surface area contributed by atoms with Crippen LogP contribution in [0.3, 0.4) is 0 Å². The number of nitrogens with one attached hydrogen (secondary N) is 1. The first-order valence-corrected chi connectivity index (χ1v) is 17.9. The molecule has 2 aromatic heterocycles. The number of thiophene rings is 1. The standard InChI is InChI=1S/C39H45N5O5S/c1-24-18-30(49-5)10-11-31(24)26-14-16-43(17-15-26)29-20-40-35(41-21-29)27-8-6-25(7-9-27)19-32(37(46)44-22-28(23-44)38(47)48)42-36(45)33-12-13-34(50-33)39(2,3)4/h6-13,18,20-21,26,28,32H,14-17,19,22-23H2,1-5H3,(H,42,45)(H,47,48). The Morgan fingerprint density at radius 3 is 2.26 bits per heavy atom. The molecule has 6 rings (SSSR count). The van der Waals surface area contributed by atoms with Crippen LogP contribution in [0.1, 0.15) is 70.8 Å². The molecule has 4 aromatic rings. The highest BCUT2D eigenvalue weighted by Crippen LogP contribution is 2.34. The predicted octanol–water partition coefficient (Wildman–Crippen LogP) is 6.09. The summed E-state index contributed by atoms with van der Waals surface area (Å²) in [6, 6.07) is 16.9. The number of aliphatic carboxylic acids is 1. The summed E-state index contributed by atoms with van der Waals surface area (Å²) in [6.45, 7) is 10.6. The quantitative estimate of drug-likeness (QED) is 0.204. The lowest BCUT2D eigenvalue weighted by atomic mass is 9.86. The number of hydrogen-bond donors (Lipinski definition) is 2. The van der Waals surface area contributed by atoms with Crippen LogP contribution in [0.25, 0.3) is 11.4 Å². The molecule has 0 saturated carbocycles. The van der Waals surface area contributed by atoms with E-state index >= 15 is 0 Å². The molecule has 2 amide bonds. The number of anilines is 1. The van der Waals surface area contributed by atoms with Gasteiger partial charge >= 0.3 is 5.97 Å². The van der Waals surface area contributed by atoms with Gasteiger partial charge in [-0.2, -0.15) is 0 Å². The van der Waals surface area contributed by atoms with E-state index in [1.165, 1.54) is 27.4 Å². The number of carboxylic acid groups (broad SMARTS) is 1. The molecule has 10 nitrogen and oxygen atoms in total. The van der Waals surface area contributed by atoms with Gasteiger partial charge in [-0.3, -0.25) is 14.4 Å². The van der Waals surface area contributed by atoms with Crippen molar-refractivity contribution >= 4 is 34.8 Å². The Bertz CT molecular complexity index is 1840. The third kappa shape index (κ3) is 7.83. The van der Waals surface area contributed by atoms with Crippen molar-refractivity contribution in [2.24, 2.45) is 5.92 Å². The minimum absolute atomic E-state index is 0.0947. The van der Waals surface area contributed by atoms with E-state index in [1.807, 2.05) is 48.8 Å². The number of carboxylic acids is 1. The van der Waals surface area contributed by atoms with Gasteiger partial charge in [0.05, 0.1) is 36.0 Å². The number of methoxy groups -OCH3 is 1. The number of nitrogens with zero attached hydrogens (tertiary/aromatic N) is 4. The van der Waals surface area contributed by atoms with E-state index < -0.39 is 17.9 Å². The zero-order valence-corrected chi connectivity index (χ0v) is 30.1. The zero-order chi connectivity index (χ0) is 35.6. The lowest BCUT2D eigenvalue weighted by Crippen LogP contribution is -2.59. The molecule has 11 heteroatoms. The van der Waals surface area contributed by atoms with Gasteiger partial charge in [-0.25, -0.2) is 9.97 Å². The van der Waals surface area contributed by atoms with Gasteiger partial charge in [-0.05, 0) is 72.1 Å². The fourth-order valence-corrected chi connectivity index (χ4v) is 7.64. The molecule has 2 fully saturated rings. The van der Waals surface area contributed by atoms with Gasteiger partial charge in [0.2, 0.25) is 5.91 Å². The molecule has 1 unspecified atom stereocenters. The first-order chi connectivity index (χ1) is 23.9. The number of aryl methyl sites for hydroxylation is 1. The van der Waals surface area contributed by atoms with Crippen LogP contribution in [0, 0.1) is 12.8 Å². The molecule has 2 N–H and O–H groups in total. The van der Waals surface area contributed by atoms with E-state index in [1.54, 1.807) is 13.2 Å². The van der Waals surface area contributed by atoms with Gasteiger partial charge in [0.25, 0.3) is 5.91 Å². The molecule has 262 valence electrons. The Morgan fingerprint density at radius 2 is 1.68 bits per heavy atom. The number of carbonyl (C=O) groups is 3. The predicted molar refractivity (Wildman–Crippen MR) is 195 cm³/mol. The highest BCUT2D eigenvalue weighted by atomic mass is 32.1. The second-order valence-electron chi connectivity index (χ2n) is 14.4. The number of hydrogen-bond acceptors (Lipinski definition) is 8. The second-order valence-corrected chi connectivity index (χ2v) is 15.5. The van der Waals surface area contributed by atoms with Crippen molar-refractivity contribution in [1.29, 1.82) is 0 Å². The summed E-state index contributed by atoms with van der Waals surface area (Å²) >= 11 is 1.42. The van der Waals surface area contributed by atoms with E-state index in [2.05, 4.69) is 60.0 Å². The number of likely N-dealkylation sites (tertiary alicyclic amines) is 1. The monoisotopic (exact) mass is 695 g/mol. The molecule has 0 aliphatic carbocycles. The lowest BCUT2D eigenvalue weighted by Gasteiger charge is -2.38. The molecule has 2 aliphatic rings. The Labute approximate surface area is 297 Å². The van der Waals surface area contributed by atoms with Crippen LogP contribution in [0.5, 0.6) is 5.75 Å². The second kappa shape index (κ2) is 14.6. The summed E-state index contributed by atoms with van der Waals surface area (Å²) < 4.78 is 5.38. The smallest absolute Gasteiger partial charge is 0.310 e. The first kappa shape index (κ1) is 35.1. The maximum atomic E-state index is 13.5. The van der Waals surface area contributed by atoms with Crippen molar-refractivity contribution in [1.82, 2.24) is 20.2 Å². The van der Waals surface area contributed by atoms with Crippen molar-refractivity contribution in [3.8, 4) is 17.1 Å². The maximum Gasteiger partial charge on any atom is 0.310 e.